The number of nitrogens with one attached hydrogen (secondary N) is 2. The van der Waals surface area contributed by atoms with Gasteiger partial charge in [-0.05, 0) is 29.3 Å². The zero-order valence-electron chi connectivity index (χ0n) is 11.9. The van der Waals surface area contributed by atoms with Crippen LogP contribution in [-0.4, -0.2) is 23.3 Å². The van der Waals surface area contributed by atoms with E-state index in [0.29, 0.717) is 11.4 Å². The standard InChI is InChI=1S/C15H13N3O3S2/c19-13(16-6-5-10-3-1-7-22-10)11-9-21-15(17-11)18-14(20)12-4-2-8-23-12/h1-4,7-9H,5-6H2,(H,16,19)(H,17,18,20). The van der Waals surface area contributed by atoms with Crippen LogP contribution in [0, 0.1) is 0 Å². The molecular weight excluding hydrogens is 334 g/mol. The van der Waals surface area contributed by atoms with Gasteiger partial charge in [-0.2, -0.15) is 4.98 Å². The van der Waals surface area contributed by atoms with E-state index in [-0.39, 0.29) is 23.5 Å². The molecule has 0 aliphatic rings. The normalized spacial score (nSPS) is 10.4. The van der Waals surface area contributed by atoms with Crippen molar-refractivity contribution in [3.63, 3.8) is 0 Å². The van der Waals surface area contributed by atoms with E-state index in [0.717, 1.165) is 6.42 Å². The number of hydrogen-bond acceptors (Lipinski definition) is 6. The van der Waals surface area contributed by atoms with Gasteiger partial charge in [0.15, 0.2) is 5.69 Å². The predicted molar refractivity (Wildman–Crippen MR) is 89.1 cm³/mol. The minimum Gasteiger partial charge on any atom is -0.431 e. The summed E-state index contributed by atoms with van der Waals surface area (Å²) in [5.41, 5.74) is 0.137. The Morgan fingerprint density at radius 2 is 1.96 bits per heavy atom. The molecule has 0 atom stereocenters. The Morgan fingerprint density at radius 3 is 2.70 bits per heavy atom. The lowest BCUT2D eigenvalue weighted by molar-refractivity contribution is 0.0948. The molecule has 6 nitrogen and oxygen atoms in total. The van der Waals surface area contributed by atoms with Gasteiger partial charge in [-0.3, -0.25) is 14.9 Å². The molecule has 0 aliphatic heterocycles. The number of carbonyl (C=O) groups is 2. The molecule has 0 unspecified atom stereocenters. The first-order valence-corrected chi connectivity index (χ1v) is 8.59. The summed E-state index contributed by atoms with van der Waals surface area (Å²) in [6.45, 7) is 0.517. The number of anilines is 1. The first-order valence-electron chi connectivity index (χ1n) is 6.83. The molecular formula is C15H13N3O3S2. The van der Waals surface area contributed by atoms with Gasteiger partial charge in [0, 0.05) is 11.4 Å². The first kappa shape index (κ1) is 15.4. The molecule has 0 radical (unpaired) electrons. The van der Waals surface area contributed by atoms with Crippen LogP contribution in [0.1, 0.15) is 25.0 Å². The fourth-order valence-electron chi connectivity index (χ4n) is 1.85. The van der Waals surface area contributed by atoms with Crippen LogP contribution in [0.2, 0.25) is 0 Å². The van der Waals surface area contributed by atoms with Gasteiger partial charge in [0.05, 0.1) is 4.88 Å². The van der Waals surface area contributed by atoms with Crippen molar-refractivity contribution in [2.45, 2.75) is 6.42 Å². The molecule has 0 saturated carbocycles. The van der Waals surface area contributed by atoms with E-state index in [9.17, 15) is 9.59 Å². The average Bonchev–Trinajstić information content (AvgIpc) is 3.29. The van der Waals surface area contributed by atoms with Crippen LogP contribution in [0.15, 0.2) is 45.7 Å². The van der Waals surface area contributed by atoms with Crippen LogP contribution in [-0.2, 0) is 6.42 Å². The highest BCUT2D eigenvalue weighted by Crippen LogP contribution is 2.13. The second-order valence-electron chi connectivity index (χ2n) is 4.55. The summed E-state index contributed by atoms with van der Waals surface area (Å²) in [6.07, 6.45) is 1.99. The molecule has 118 valence electrons. The SMILES string of the molecule is O=C(NCCc1cccs1)c1coc(NC(=O)c2cccs2)n1. The topological polar surface area (TPSA) is 84.2 Å². The van der Waals surface area contributed by atoms with Crippen LogP contribution >= 0.6 is 22.7 Å². The van der Waals surface area contributed by atoms with Crippen molar-refractivity contribution in [2.75, 3.05) is 11.9 Å². The van der Waals surface area contributed by atoms with Crippen molar-refractivity contribution in [1.82, 2.24) is 10.3 Å². The van der Waals surface area contributed by atoms with Gasteiger partial charge < -0.3 is 9.73 Å². The number of aromatic nitrogens is 1. The molecule has 0 aliphatic carbocycles. The van der Waals surface area contributed by atoms with Crippen molar-refractivity contribution in [3.8, 4) is 0 Å². The molecule has 0 bridgehead atoms. The molecule has 3 heterocycles. The lowest BCUT2D eigenvalue weighted by Crippen LogP contribution is -2.25. The molecule has 0 fully saturated rings. The van der Waals surface area contributed by atoms with E-state index in [1.165, 1.54) is 22.5 Å². The number of amides is 2. The molecule has 3 rings (SSSR count). The van der Waals surface area contributed by atoms with Gasteiger partial charge in [0.2, 0.25) is 0 Å². The first-order chi connectivity index (χ1) is 11.2. The molecule has 2 amide bonds. The number of carbonyl (C=O) groups excluding carboxylic acids is 2. The maximum Gasteiger partial charge on any atom is 0.302 e. The third-order valence-electron chi connectivity index (χ3n) is 2.94. The summed E-state index contributed by atoms with van der Waals surface area (Å²) in [5, 5.41) is 9.08. The van der Waals surface area contributed by atoms with Gasteiger partial charge in [-0.15, -0.1) is 22.7 Å². The summed E-state index contributed by atoms with van der Waals surface area (Å²) in [7, 11) is 0. The zero-order valence-corrected chi connectivity index (χ0v) is 13.6. The van der Waals surface area contributed by atoms with Gasteiger partial charge in [-0.1, -0.05) is 12.1 Å². The van der Waals surface area contributed by atoms with Crippen molar-refractivity contribution < 1.29 is 14.0 Å². The molecule has 23 heavy (non-hydrogen) atoms. The van der Waals surface area contributed by atoms with Crippen molar-refractivity contribution >= 4 is 40.5 Å². The van der Waals surface area contributed by atoms with E-state index in [1.54, 1.807) is 28.8 Å². The molecule has 0 aromatic carbocycles. The van der Waals surface area contributed by atoms with E-state index < -0.39 is 0 Å². The molecule has 3 aromatic rings. The minimum atomic E-state index is -0.332. The maximum absolute atomic E-state index is 12.0. The van der Waals surface area contributed by atoms with Gasteiger partial charge in [0.1, 0.15) is 6.26 Å². The highest BCUT2D eigenvalue weighted by Gasteiger charge is 2.15. The highest BCUT2D eigenvalue weighted by atomic mass is 32.1. The lowest BCUT2D eigenvalue weighted by Gasteiger charge is -2.00. The summed E-state index contributed by atoms with van der Waals surface area (Å²) in [5.74, 6) is -0.645. The second kappa shape index (κ2) is 7.21. The fourth-order valence-corrected chi connectivity index (χ4v) is 3.17. The van der Waals surface area contributed by atoms with Crippen molar-refractivity contribution in [1.29, 1.82) is 0 Å². The molecule has 3 aromatic heterocycles. The lowest BCUT2D eigenvalue weighted by atomic mass is 10.3. The second-order valence-corrected chi connectivity index (χ2v) is 6.53. The smallest absolute Gasteiger partial charge is 0.302 e. The van der Waals surface area contributed by atoms with Crippen LogP contribution in [0.4, 0.5) is 6.01 Å². The number of hydrogen-bond donors (Lipinski definition) is 2. The summed E-state index contributed by atoms with van der Waals surface area (Å²) < 4.78 is 5.11. The quantitative estimate of drug-likeness (QED) is 0.718. The van der Waals surface area contributed by atoms with Gasteiger partial charge in [0.25, 0.3) is 11.8 Å². The highest BCUT2D eigenvalue weighted by molar-refractivity contribution is 7.12. The summed E-state index contributed by atoms with van der Waals surface area (Å²) in [6, 6.07) is 7.47. The summed E-state index contributed by atoms with van der Waals surface area (Å²) >= 11 is 2.96. The van der Waals surface area contributed by atoms with Gasteiger partial charge in [-0.25, -0.2) is 0 Å². The molecule has 2 N–H and O–H groups in total. The zero-order chi connectivity index (χ0) is 16.1. The van der Waals surface area contributed by atoms with Crippen LogP contribution in [0.25, 0.3) is 0 Å². The van der Waals surface area contributed by atoms with E-state index in [2.05, 4.69) is 15.6 Å². The Kier molecular flexibility index (Phi) is 4.84. The average molecular weight is 347 g/mol. The predicted octanol–water partition coefficient (Wildman–Crippen LogP) is 3.02. The monoisotopic (exact) mass is 347 g/mol. The number of oxazole rings is 1. The number of nitrogens with zero attached hydrogens (tertiary/aromatic N) is 1. The van der Waals surface area contributed by atoms with Crippen molar-refractivity contribution in [2.24, 2.45) is 0 Å². The Morgan fingerprint density at radius 1 is 1.13 bits per heavy atom. The van der Waals surface area contributed by atoms with Crippen LogP contribution in [0.5, 0.6) is 0 Å². The van der Waals surface area contributed by atoms with Gasteiger partial charge >= 0.3 is 6.01 Å². The molecule has 0 saturated heterocycles. The third kappa shape index (κ3) is 4.05. The maximum atomic E-state index is 12.0. The minimum absolute atomic E-state index is 0.00630. The molecule has 0 spiro atoms. The Balaban J connectivity index is 1.51. The largest absolute Gasteiger partial charge is 0.431 e. The van der Waals surface area contributed by atoms with Crippen molar-refractivity contribution in [3.05, 3.63) is 56.7 Å². The van der Waals surface area contributed by atoms with Crippen LogP contribution < -0.4 is 10.6 Å². The fraction of sp³-hybridized carbons (Fsp3) is 0.133. The van der Waals surface area contributed by atoms with E-state index in [4.69, 9.17) is 4.42 Å². The third-order valence-corrected chi connectivity index (χ3v) is 4.74. The number of rotatable bonds is 6. The summed E-state index contributed by atoms with van der Waals surface area (Å²) in [4.78, 5) is 29.5. The Hall–Kier alpha value is -2.45. The number of thiophene rings is 2. The van der Waals surface area contributed by atoms with E-state index in [1.807, 2.05) is 17.5 Å². The Bertz CT molecular complexity index is 779. The molecule has 8 heteroatoms. The Labute approximate surface area is 140 Å². The van der Waals surface area contributed by atoms with E-state index >= 15 is 0 Å². The van der Waals surface area contributed by atoms with Crippen LogP contribution in [0.3, 0.4) is 0 Å².